The first-order chi connectivity index (χ1) is 18.0. The van der Waals surface area contributed by atoms with Crippen LogP contribution in [0.5, 0.6) is 0 Å². The minimum Gasteiger partial charge on any atom is -0.349 e. The van der Waals surface area contributed by atoms with Gasteiger partial charge in [0.1, 0.15) is 11.4 Å². The topological polar surface area (TPSA) is 128 Å². The Morgan fingerprint density at radius 3 is 1.70 bits per heavy atom. The van der Waals surface area contributed by atoms with Crippen LogP contribution < -0.4 is 21.8 Å². The SMILES string of the molecule is CCCC(CNC(=O)c1ccc(=O)n(-c2ccccc2)n1)NC(=O)c1ccc(=O)n(-c2ccccc2)n1. The summed E-state index contributed by atoms with van der Waals surface area (Å²) in [5.74, 6) is -0.941. The minimum atomic E-state index is -0.476. The van der Waals surface area contributed by atoms with Crippen LogP contribution in [0.25, 0.3) is 11.4 Å². The molecule has 1 unspecified atom stereocenters. The van der Waals surface area contributed by atoms with Crippen molar-refractivity contribution in [1.29, 1.82) is 0 Å². The van der Waals surface area contributed by atoms with Gasteiger partial charge in [-0.05, 0) is 42.8 Å². The summed E-state index contributed by atoms with van der Waals surface area (Å²) >= 11 is 0. The van der Waals surface area contributed by atoms with E-state index in [1.807, 2.05) is 19.1 Å². The van der Waals surface area contributed by atoms with E-state index in [-0.39, 0.29) is 35.1 Å². The van der Waals surface area contributed by atoms with Crippen molar-refractivity contribution in [2.75, 3.05) is 6.54 Å². The van der Waals surface area contributed by atoms with Crippen molar-refractivity contribution in [3.8, 4) is 11.4 Å². The van der Waals surface area contributed by atoms with Gasteiger partial charge in [0.2, 0.25) is 0 Å². The highest BCUT2D eigenvalue weighted by atomic mass is 16.2. The van der Waals surface area contributed by atoms with Gasteiger partial charge in [-0.25, -0.2) is 0 Å². The van der Waals surface area contributed by atoms with E-state index in [0.717, 1.165) is 11.1 Å². The number of aromatic nitrogens is 4. The van der Waals surface area contributed by atoms with E-state index in [1.54, 1.807) is 48.5 Å². The fraction of sp³-hybridized carbons (Fsp3) is 0.185. The number of amides is 2. The van der Waals surface area contributed by atoms with Gasteiger partial charge in [0.15, 0.2) is 0 Å². The summed E-state index contributed by atoms with van der Waals surface area (Å²) in [5.41, 5.74) is 0.522. The number of hydrogen-bond donors (Lipinski definition) is 2. The van der Waals surface area contributed by atoms with Gasteiger partial charge < -0.3 is 10.6 Å². The first-order valence-electron chi connectivity index (χ1n) is 11.9. The zero-order valence-electron chi connectivity index (χ0n) is 20.2. The molecule has 1 atom stereocenters. The fourth-order valence-electron chi connectivity index (χ4n) is 3.71. The molecular formula is C27H26N6O4. The normalized spacial score (nSPS) is 11.5. The summed E-state index contributed by atoms with van der Waals surface area (Å²) in [6, 6.07) is 22.5. The average Bonchev–Trinajstić information content (AvgIpc) is 2.93. The van der Waals surface area contributed by atoms with E-state index in [1.165, 1.54) is 28.9 Å². The van der Waals surface area contributed by atoms with Gasteiger partial charge in [-0.3, -0.25) is 19.2 Å². The molecule has 2 amide bonds. The zero-order valence-corrected chi connectivity index (χ0v) is 20.2. The minimum absolute atomic E-state index is 0.0710. The van der Waals surface area contributed by atoms with Crippen LogP contribution in [0, 0.1) is 0 Å². The van der Waals surface area contributed by atoms with Crippen LogP contribution in [0.1, 0.15) is 40.7 Å². The molecule has 0 aliphatic heterocycles. The van der Waals surface area contributed by atoms with Crippen molar-refractivity contribution in [3.63, 3.8) is 0 Å². The lowest BCUT2D eigenvalue weighted by atomic mass is 10.1. The van der Waals surface area contributed by atoms with Crippen molar-refractivity contribution < 1.29 is 9.59 Å². The maximum atomic E-state index is 12.9. The molecule has 188 valence electrons. The number of carbonyl (C=O) groups excluding carboxylic acids is 2. The Morgan fingerprint density at radius 1 is 0.730 bits per heavy atom. The lowest BCUT2D eigenvalue weighted by Gasteiger charge is -2.19. The van der Waals surface area contributed by atoms with Crippen LogP contribution in [0.15, 0.2) is 94.5 Å². The second-order valence-electron chi connectivity index (χ2n) is 8.28. The predicted octanol–water partition coefficient (Wildman–Crippen LogP) is 2.11. The summed E-state index contributed by atoms with van der Waals surface area (Å²) < 4.78 is 2.33. The number of rotatable bonds is 9. The van der Waals surface area contributed by atoms with E-state index in [2.05, 4.69) is 20.8 Å². The number of nitrogens with zero attached hydrogens (tertiary/aromatic N) is 4. The Labute approximate surface area is 212 Å². The van der Waals surface area contributed by atoms with Gasteiger partial charge >= 0.3 is 0 Å². The van der Waals surface area contributed by atoms with Gasteiger partial charge in [0, 0.05) is 24.7 Å². The molecule has 0 aliphatic rings. The largest absolute Gasteiger partial charge is 0.349 e. The van der Waals surface area contributed by atoms with Crippen LogP contribution in [-0.4, -0.2) is 44.0 Å². The smallest absolute Gasteiger partial charge is 0.272 e. The molecule has 0 saturated heterocycles. The van der Waals surface area contributed by atoms with Crippen molar-refractivity contribution >= 4 is 11.8 Å². The number of para-hydroxylation sites is 2. The van der Waals surface area contributed by atoms with Crippen molar-refractivity contribution in [1.82, 2.24) is 30.2 Å². The van der Waals surface area contributed by atoms with Crippen molar-refractivity contribution in [2.24, 2.45) is 0 Å². The van der Waals surface area contributed by atoms with Crippen LogP contribution in [0.3, 0.4) is 0 Å². The van der Waals surface area contributed by atoms with Gasteiger partial charge in [0.25, 0.3) is 22.9 Å². The Bertz CT molecular complexity index is 1500. The van der Waals surface area contributed by atoms with E-state index < -0.39 is 11.8 Å². The molecular weight excluding hydrogens is 472 g/mol. The second kappa shape index (κ2) is 11.7. The molecule has 37 heavy (non-hydrogen) atoms. The van der Waals surface area contributed by atoms with Crippen LogP contribution in [0.4, 0.5) is 0 Å². The van der Waals surface area contributed by atoms with E-state index in [0.29, 0.717) is 17.8 Å². The van der Waals surface area contributed by atoms with Crippen molar-refractivity contribution in [2.45, 2.75) is 25.8 Å². The van der Waals surface area contributed by atoms with E-state index >= 15 is 0 Å². The van der Waals surface area contributed by atoms with E-state index in [9.17, 15) is 19.2 Å². The lowest BCUT2D eigenvalue weighted by Crippen LogP contribution is -2.44. The molecule has 2 aromatic heterocycles. The third-order valence-electron chi connectivity index (χ3n) is 5.55. The second-order valence-corrected chi connectivity index (χ2v) is 8.28. The van der Waals surface area contributed by atoms with Gasteiger partial charge in [-0.2, -0.15) is 19.6 Å². The first kappa shape index (κ1) is 25.2. The highest BCUT2D eigenvalue weighted by Crippen LogP contribution is 2.05. The molecule has 0 spiro atoms. The van der Waals surface area contributed by atoms with Crippen LogP contribution in [0.2, 0.25) is 0 Å². The monoisotopic (exact) mass is 498 g/mol. The molecule has 2 N–H and O–H groups in total. The first-order valence-corrected chi connectivity index (χ1v) is 11.9. The molecule has 10 nitrogen and oxygen atoms in total. The number of carbonyl (C=O) groups is 2. The molecule has 2 heterocycles. The Morgan fingerprint density at radius 2 is 1.22 bits per heavy atom. The molecule has 0 saturated carbocycles. The van der Waals surface area contributed by atoms with Crippen molar-refractivity contribution in [3.05, 3.63) is 117 Å². The summed E-state index contributed by atoms with van der Waals surface area (Å²) in [7, 11) is 0. The summed E-state index contributed by atoms with van der Waals surface area (Å²) in [5, 5.41) is 14.0. The fourth-order valence-corrected chi connectivity index (χ4v) is 3.71. The third kappa shape index (κ3) is 6.23. The Balaban J connectivity index is 1.45. The maximum Gasteiger partial charge on any atom is 0.272 e. The summed E-state index contributed by atoms with van der Waals surface area (Å²) in [4.78, 5) is 50.2. The van der Waals surface area contributed by atoms with Crippen LogP contribution >= 0.6 is 0 Å². The molecule has 0 radical (unpaired) electrons. The predicted molar refractivity (Wildman–Crippen MR) is 138 cm³/mol. The number of benzene rings is 2. The standard InChI is InChI=1S/C27H26N6O4/c1-2-9-19(29-27(37)23-15-17-25(35)33(31-23)21-12-7-4-8-13-21)18-28-26(36)22-14-16-24(34)32(30-22)20-10-5-3-6-11-20/h3-8,10-17,19H,2,9,18H2,1H3,(H,28,36)(H,29,37). The molecule has 0 aliphatic carbocycles. The van der Waals surface area contributed by atoms with E-state index in [4.69, 9.17) is 0 Å². The summed E-state index contributed by atoms with van der Waals surface area (Å²) in [6.45, 7) is 2.11. The highest BCUT2D eigenvalue weighted by Gasteiger charge is 2.18. The zero-order chi connectivity index (χ0) is 26.2. The van der Waals surface area contributed by atoms with Gasteiger partial charge in [-0.1, -0.05) is 49.7 Å². The molecule has 10 heteroatoms. The molecule has 4 aromatic rings. The summed E-state index contributed by atoms with van der Waals surface area (Å²) in [6.07, 6.45) is 1.36. The number of hydrogen-bond acceptors (Lipinski definition) is 6. The Kier molecular flexibility index (Phi) is 7.99. The molecule has 0 fully saturated rings. The van der Waals surface area contributed by atoms with Crippen LogP contribution in [-0.2, 0) is 0 Å². The number of nitrogens with one attached hydrogen (secondary N) is 2. The lowest BCUT2D eigenvalue weighted by molar-refractivity contribution is 0.0899. The average molecular weight is 499 g/mol. The van der Waals surface area contributed by atoms with Gasteiger partial charge in [-0.15, -0.1) is 0 Å². The van der Waals surface area contributed by atoms with Gasteiger partial charge in [0.05, 0.1) is 11.4 Å². The Hall–Kier alpha value is -4.86. The molecule has 2 aromatic carbocycles. The maximum absolute atomic E-state index is 12.9. The molecule has 0 bridgehead atoms. The highest BCUT2D eigenvalue weighted by molar-refractivity contribution is 5.93. The quantitative estimate of drug-likeness (QED) is 0.364. The molecule has 4 rings (SSSR count). The third-order valence-corrected chi connectivity index (χ3v) is 5.55.